The van der Waals surface area contributed by atoms with Crippen molar-refractivity contribution in [1.82, 2.24) is 20.5 Å². The average molecular weight is 583 g/mol. The maximum absolute atomic E-state index is 12.9. The summed E-state index contributed by atoms with van der Waals surface area (Å²) < 4.78 is 39.9. The van der Waals surface area contributed by atoms with Crippen molar-refractivity contribution in [2.75, 3.05) is 11.9 Å². The number of hydrazone groups is 1. The Morgan fingerprint density at radius 3 is 2.46 bits per heavy atom. The fourth-order valence-corrected chi connectivity index (χ4v) is 3.77. The van der Waals surface area contributed by atoms with Crippen LogP contribution in [0.2, 0.25) is 5.02 Å². The maximum atomic E-state index is 12.9. The number of nitrogens with zero attached hydrogens (tertiary/aromatic N) is 3. The Hall–Kier alpha value is -4.17. The van der Waals surface area contributed by atoms with E-state index < -0.39 is 23.6 Å². The van der Waals surface area contributed by atoms with E-state index in [-0.39, 0.29) is 51.5 Å². The molecule has 39 heavy (non-hydrogen) atoms. The Bertz CT molecular complexity index is 1440. The molecule has 3 aromatic rings. The number of anilines is 1. The van der Waals surface area contributed by atoms with Gasteiger partial charge in [-0.15, -0.1) is 0 Å². The molecular formula is C24H22ClF3N6O4S. The summed E-state index contributed by atoms with van der Waals surface area (Å²) in [4.78, 5) is 22.9. The van der Waals surface area contributed by atoms with Crippen LogP contribution in [-0.4, -0.2) is 49.2 Å². The second-order valence-corrected chi connectivity index (χ2v) is 8.92. The lowest BCUT2D eigenvalue weighted by Gasteiger charge is -2.11. The molecule has 1 aromatic heterocycles. The number of aromatic nitrogens is 2. The molecule has 206 valence electrons. The van der Waals surface area contributed by atoms with Gasteiger partial charge in [0.05, 0.1) is 28.3 Å². The summed E-state index contributed by atoms with van der Waals surface area (Å²) in [6.07, 6.45) is -4.73. The van der Waals surface area contributed by atoms with E-state index in [1.165, 1.54) is 42.9 Å². The number of amides is 1. The normalized spacial score (nSPS) is 11.7. The summed E-state index contributed by atoms with van der Waals surface area (Å²) in [5.74, 6) is -1.90. The highest BCUT2D eigenvalue weighted by Gasteiger charge is 2.30. The van der Waals surface area contributed by atoms with Crippen molar-refractivity contribution in [3.8, 4) is 17.0 Å². The number of aromatic hydroxyl groups is 1. The molecule has 0 saturated carbocycles. The number of halogens is 4. The predicted octanol–water partition coefficient (Wildman–Crippen LogP) is 4.38. The van der Waals surface area contributed by atoms with Crippen LogP contribution in [0, 0.1) is 0 Å². The molecule has 2 aromatic carbocycles. The first kappa shape index (κ1) is 29.4. The highest BCUT2D eigenvalue weighted by Crippen LogP contribution is 2.35. The van der Waals surface area contributed by atoms with Crippen molar-refractivity contribution in [3.63, 3.8) is 0 Å². The highest BCUT2D eigenvalue weighted by molar-refractivity contribution is 7.80. The summed E-state index contributed by atoms with van der Waals surface area (Å²) in [6, 6.07) is 8.74. The van der Waals surface area contributed by atoms with Gasteiger partial charge in [-0.2, -0.15) is 23.4 Å². The van der Waals surface area contributed by atoms with E-state index in [1.54, 1.807) is 6.07 Å². The van der Waals surface area contributed by atoms with Gasteiger partial charge in [-0.05, 0) is 49.5 Å². The van der Waals surface area contributed by atoms with Crippen molar-refractivity contribution in [2.24, 2.45) is 12.1 Å². The predicted molar refractivity (Wildman–Crippen MR) is 143 cm³/mol. The number of carbonyl (C=O) groups is 2. The van der Waals surface area contributed by atoms with Gasteiger partial charge in [-0.1, -0.05) is 23.7 Å². The van der Waals surface area contributed by atoms with Crippen LogP contribution in [-0.2, 0) is 18.0 Å². The number of hydrogen-bond donors (Lipinski definition) is 5. The van der Waals surface area contributed by atoms with Crippen LogP contribution >= 0.6 is 23.8 Å². The Labute approximate surface area is 230 Å². The van der Waals surface area contributed by atoms with E-state index in [0.29, 0.717) is 11.3 Å². The smallest absolute Gasteiger partial charge is 0.416 e. The number of alkyl halides is 3. The number of hydrogen-bond acceptors (Lipinski definition) is 6. The molecule has 0 fully saturated rings. The summed E-state index contributed by atoms with van der Waals surface area (Å²) >= 11 is 11.3. The minimum Gasteiger partial charge on any atom is -0.504 e. The molecule has 15 heteroatoms. The second-order valence-electron chi connectivity index (χ2n) is 8.10. The Morgan fingerprint density at radius 1 is 1.18 bits per heavy atom. The van der Waals surface area contributed by atoms with Crippen molar-refractivity contribution in [3.05, 3.63) is 64.3 Å². The van der Waals surface area contributed by atoms with Gasteiger partial charge in [-0.25, -0.2) is 0 Å². The topological polar surface area (TPSA) is 141 Å². The van der Waals surface area contributed by atoms with E-state index >= 15 is 0 Å². The van der Waals surface area contributed by atoms with E-state index in [4.69, 9.17) is 28.9 Å². The molecule has 0 bridgehead atoms. The van der Waals surface area contributed by atoms with Gasteiger partial charge in [0, 0.05) is 24.8 Å². The second kappa shape index (κ2) is 12.1. The van der Waals surface area contributed by atoms with Gasteiger partial charge in [0.25, 0.3) is 5.91 Å². The molecular weight excluding hydrogens is 561 g/mol. The lowest BCUT2D eigenvalue weighted by atomic mass is 10.1. The van der Waals surface area contributed by atoms with Gasteiger partial charge < -0.3 is 20.8 Å². The van der Waals surface area contributed by atoms with Crippen molar-refractivity contribution in [2.45, 2.75) is 19.5 Å². The van der Waals surface area contributed by atoms with Crippen LogP contribution in [0.3, 0.4) is 0 Å². The first-order valence-corrected chi connectivity index (χ1v) is 11.9. The fraction of sp³-hybridized carbons (Fsp3) is 0.208. The zero-order chi connectivity index (χ0) is 28.9. The molecule has 3 rings (SSSR count). The largest absolute Gasteiger partial charge is 0.504 e. The number of carboxylic acids is 1. The minimum atomic E-state index is -4.48. The van der Waals surface area contributed by atoms with Gasteiger partial charge in [0.1, 0.15) is 5.69 Å². The molecule has 1 amide bonds. The van der Waals surface area contributed by atoms with Gasteiger partial charge in [-0.3, -0.25) is 19.7 Å². The van der Waals surface area contributed by atoms with Crippen LogP contribution < -0.4 is 16.1 Å². The summed E-state index contributed by atoms with van der Waals surface area (Å²) in [7, 11) is 1.53. The highest BCUT2D eigenvalue weighted by atomic mass is 35.5. The van der Waals surface area contributed by atoms with E-state index in [2.05, 4.69) is 26.3 Å². The molecule has 0 spiro atoms. The van der Waals surface area contributed by atoms with Crippen LogP contribution in [0.25, 0.3) is 11.3 Å². The zero-order valence-electron chi connectivity index (χ0n) is 20.4. The quantitative estimate of drug-likeness (QED) is 0.150. The summed E-state index contributed by atoms with van der Waals surface area (Å²) in [6.45, 7) is 1.47. The fourth-order valence-electron chi connectivity index (χ4n) is 3.40. The van der Waals surface area contributed by atoms with E-state index in [1.807, 2.05) is 0 Å². The maximum Gasteiger partial charge on any atom is 0.416 e. The number of thiocarbonyl (C=S) groups is 1. The number of aliphatic carboxylic acids is 1. The van der Waals surface area contributed by atoms with Crippen molar-refractivity contribution >= 4 is 52.2 Å². The molecule has 0 unspecified atom stereocenters. The number of carboxylic acid groups (broad SMARTS) is 1. The van der Waals surface area contributed by atoms with E-state index in [0.717, 1.165) is 12.1 Å². The summed E-state index contributed by atoms with van der Waals surface area (Å²) in [5, 5.41) is 33.2. The van der Waals surface area contributed by atoms with Crippen LogP contribution in [0.1, 0.15) is 35.0 Å². The molecule has 0 aliphatic heterocycles. The van der Waals surface area contributed by atoms with Gasteiger partial charge in [0.15, 0.2) is 16.6 Å². The number of benzene rings is 2. The minimum absolute atomic E-state index is 0.0206. The number of aryl methyl sites for hydroxylation is 1. The molecule has 0 radical (unpaired) electrons. The Kier molecular flexibility index (Phi) is 9.14. The standard InChI is InChI=1S/C24H22ClF3N6O4S/c1-12(19-21(37)20(34(2)33-19)13-3-5-14(6-4-13)24(26,27)28)31-32-23(39)30-15-7-8-17(25)16(11-15)22(38)29-10-9-18(35)36/h3-8,11,37H,9-10H2,1-2H3,(H,29,38)(H,35,36)(H2,30,32,39). The third-order valence-corrected chi connectivity index (χ3v) is 5.79. The Balaban J connectivity index is 1.70. The third kappa shape index (κ3) is 7.45. The van der Waals surface area contributed by atoms with Crippen LogP contribution in [0.5, 0.6) is 5.75 Å². The third-order valence-electron chi connectivity index (χ3n) is 5.27. The number of carbonyl (C=O) groups excluding carboxylic acids is 1. The molecule has 0 saturated heterocycles. The number of rotatable bonds is 8. The first-order chi connectivity index (χ1) is 18.3. The van der Waals surface area contributed by atoms with Gasteiger partial charge in [0.2, 0.25) is 0 Å². The molecule has 5 N–H and O–H groups in total. The van der Waals surface area contributed by atoms with Crippen molar-refractivity contribution in [1.29, 1.82) is 0 Å². The first-order valence-electron chi connectivity index (χ1n) is 11.1. The zero-order valence-corrected chi connectivity index (χ0v) is 22.0. The monoisotopic (exact) mass is 582 g/mol. The van der Waals surface area contributed by atoms with E-state index in [9.17, 15) is 27.9 Å². The van der Waals surface area contributed by atoms with Crippen LogP contribution in [0.4, 0.5) is 18.9 Å². The van der Waals surface area contributed by atoms with Crippen LogP contribution in [0.15, 0.2) is 47.6 Å². The molecule has 10 nitrogen and oxygen atoms in total. The molecule has 0 aliphatic carbocycles. The SMILES string of the molecule is CC(=NNC(=S)Nc1ccc(Cl)c(C(=O)NCCC(=O)O)c1)c1nn(C)c(-c2ccc(C(F)(F)F)cc2)c1O. The number of nitrogens with one attached hydrogen (secondary N) is 3. The van der Waals surface area contributed by atoms with Gasteiger partial charge >= 0.3 is 12.1 Å². The summed E-state index contributed by atoms with van der Waals surface area (Å²) in [5.41, 5.74) is 3.08. The molecule has 0 atom stereocenters. The van der Waals surface area contributed by atoms with Crippen molar-refractivity contribution < 1.29 is 33.0 Å². The lowest BCUT2D eigenvalue weighted by Crippen LogP contribution is -2.27. The molecule has 0 aliphatic rings. The average Bonchev–Trinajstić information content (AvgIpc) is 3.16. The molecule has 1 heterocycles. The Morgan fingerprint density at radius 2 is 1.85 bits per heavy atom. The lowest BCUT2D eigenvalue weighted by molar-refractivity contribution is -0.138.